The Hall–Kier alpha value is -4.17. The van der Waals surface area contributed by atoms with Crippen LogP contribution in [0.4, 0.5) is 9.18 Å². The van der Waals surface area contributed by atoms with Gasteiger partial charge in [-0.1, -0.05) is 23.7 Å². The molecule has 0 aliphatic carbocycles. The number of hydrogen-bond donors (Lipinski definition) is 3. The van der Waals surface area contributed by atoms with Crippen LogP contribution in [-0.4, -0.2) is 35.7 Å². The highest BCUT2D eigenvalue weighted by Gasteiger charge is 2.35. The summed E-state index contributed by atoms with van der Waals surface area (Å²) in [4.78, 5) is 18.5. The molecule has 2 heterocycles. The molecule has 4 N–H and O–H groups in total. The average molecular weight is 521 g/mol. The van der Waals surface area contributed by atoms with E-state index >= 15 is 0 Å². The maximum atomic E-state index is 13.3. The number of nitrogens with zero attached hydrogens (tertiary/aromatic N) is 1. The van der Waals surface area contributed by atoms with Crippen LogP contribution in [0.15, 0.2) is 79.1 Å². The van der Waals surface area contributed by atoms with E-state index in [1.54, 1.807) is 11.1 Å². The molecule has 4 aromatic rings. The predicted molar refractivity (Wildman–Crippen MR) is 141 cm³/mol. The zero-order valence-electron chi connectivity index (χ0n) is 19.9. The lowest BCUT2D eigenvalue weighted by molar-refractivity contribution is 0.135. The van der Waals surface area contributed by atoms with Crippen molar-refractivity contribution in [3.63, 3.8) is 0 Å². The first kappa shape index (κ1) is 24.5. The number of ether oxygens (including phenoxy) is 2. The van der Waals surface area contributed by atoms with Crippen molar-refractivity contribution in [1.29, 1.82) is 0 Å². The predicted octanol–water partition coefficient (Wildman–Crippen LogP) is 5.51. The zero-order valence-corrected chi connectivity index (χ0v) is 20.7. The quantitative estimate of drug-likeness (QED) is 0.280. The maximum absolute atomic E-state index is 13.3. The summed E-state index contributed by atoms with van der Waals surface area (Å²) >= 11 is 6.29. The van der Waals surface area contributed by atoms with Gasteiger partial charge in [0.2, 0.25) is 0 Å². The van der Waals surface area contributed by atoms with Gasteiger partial charge in [-0.3, -0.25) is 4.90 Å². The summed E-state index contributed by atoms with van der Waals surface area (Å²) in [5.74, 6) is 0.592. The minimum absolute atomic E-state index is 0.279. The highest BCUT2D eigenvalue weighted by Crippen LogP contribution is 2.40. The van der Waals surface area contributed by atoms with Gasteiger partial charge in [0.05, 0.1) is 0 Å². The van der Waals surface area contributed by atoms with Crippen LogP contribution in [0.3, 0.4) is 0 Å². The fourth-order valence-corrected chi connectivity index (χ4v) is 4.76. The Morgan fingerprint density at radius 2 is 1.89 bits per heavy atom. The molecular formula is C28H26ClFN4O3. The number of aromatic nitrogens is 1. The van der Waals surface area contributed by atoms with E-state index in [4.69, 9.17) is 26.8 Å². The van der Waals surface area contributed by atoms with Gasteiger partial charge in [0.15, 0.2) is 0 Å². The molecule has 1 amide bonds. The van der Waals surface area contributed by atoms with Gasteiger partial charge in [-0.25, -0.2) is 9.18 Å². The highest BCUT2D eigenvalue weighted by molar-refractivity contribution is 6.31. The van der Waals surface area contributed by atoms with Crippen molar-refractivity contribution in [3.8, 4) is 11.5 Å². The van der Waals surface area contributed by atoms with Crippen LogP contribution in [0, 0.1) is 5.82 Å². The number of nitrogens with two attached hydrogens (primary N) is 1. The topological polar surface area (TPSA) is 92.6 Å². The van der Waals surface area contributed by atoms with Crippen LogP contribution in [0.1, 0.15) is 22.9 Å². The number of carbonyl (C=O) groups excluding carboxylic acids is 1. The molecule has 1 aromatic heterocycles. The largest absolute Gasteiger partial charge is 0.492 e. The number of amides is 1. The fraction of sp³-hybridized carbons (Fsp3) is 0.179. The molecule has 7 nitrogen and oxygen atoms in total. The molecule has 0 radical (unpaired) electrons. The van der Waals surface area contributed by atoms with Gasteiger partial charge in [-0.15, -0.1) is 0 Å². The molecular weight excluding hydrogens is 495 g/mol. The smallest absolute Gasteiger partial charge is 0.416 e. The maximum Gasteiger partial charge on any atom is 0.416 e. The molecule has 3 aromatic carbocycles. The Bertz CT molecular complexity index is 1420. The number of rotatable bonds is 7. The van der Waals surface area contributed by atoms with Crippen molar-refractivity contribution in [1.82, 2.24) is 15.2 Å². The summed E-state index contributed by atoms with van der Waals surface area (Å²) in [5.41, 5.74) is 9.18. The monoisotopic (exact) mass is 520 g/mol. The molecule has 190 valence electrons. The van der Waals surface area contributed by atoms with E-state index in [1.165, 1.54) is 30.5 Å². The molecule has 5 rings (SSSR count). The van der Waals surface area contributed by atoms with E-state index in [0.717, 1.165) is 27.7 Å². The molecule has 0 spiro atoms. The second-order valence-corrected chi connectivity index (χ2v) is 9.04. The molecule has 0 saturated carbocycles. The third kappa shape index (κ3) is 5.34. The molecule has 0 fully saturated rings. The minimum atomic E-state index is -0.515. The van der Waals surface area contributed by atoms with Crippen molar-refractivity contribution in [2.24, 2.45) is 5.73 Å². The lowest BCUT2D eigenvalue weighted by Crippen LogP contribution is -2.42. The van der Waals surface area contributed by atoms with Crippen LogP contribution in [0.2, 0.25) is 5.02 Å². The second kappa shape index (κ2) is 10.8. The van der Waals surface area contributed by atoms with Crippen molar-refractivity contribution >= 4 is 28.6 Å². The summed E-state index contributed by atoms with van der Waals surface area (Å²) in [6, 6.07) is 18.3. The Morgan fingerprint density at radius 1 is 1.14 bits per heavy atom. The van der Waals surface area contributed by atoms with Crippen LogP contribution in [0.5, 0.6) is 11.5 Å². The van der Waals surface area contributed by atoms with Crippen LogP contribution < -0.4 is 20.5 Å². The van der Waals surface area contributed by atoms with Crippen LogP contribution >= 0.6 is 11.6 Å². The Balaban J connectivity index is 1.45. The molecule has 0 saturated heterocycles. The number of hydrogen-bond acceptors (Lipinski definition) is 5. The zero-order chi connectivity index (χ0) is 25.8. The lowest BCUT2D eigenvalue weighted by atomic mass is 9.92. The number of nitrogens with one attached hydrogen (secondary N) is 2. The first-order chi connectivity index (χ1) is 18.0. The number of halogens is 2. The van der Waals surface area contributed by atoms with Crippen molar-refractivity contribution in [3.05, 3.63) is 107 Å². The number of benzene rings is 3. The number of carbonyl (C=O) groups is 1. The van der Waals surface area contributed by atoms with E-state index in [9.17, 15) is 9.18 Å². The summed E-state index contributed by atoms with van der Waals surface area (Å²) in [5, 5.41) is 4.71. The first-order valence-corrected chi connectivity index (χ1v) is 12.3. The molecule has 37 heavy (non-hydrogen) atoms. The number of aromatic amines is 1. The number of fused-ring (bicyclic) bond motifs is 3. The molecule has 0 bridgehead atoms. The van der Waals surface area contributed by atoms with Gasteiger partial charge < -0.3 is 25.5 Å². The first-order valence-electron chi connectivity index (χ1n) is 11.9. The summed E-state index contributed by atoms with van der Waals surface area (Å²) in [6.45, 7) is 1.52. The standard InChI is InChI=1S/C28H26ClFN4O3/c29-19-3-10-25-24(17-19)23-11-15-34(28(35)37-22-8-4-20(30)5-9-22)27(26(23)33-25)18-1-6-21(7-2-18)36-16-14-32-13-12-31/h1-10,12-13,17,27,32-33H,11,14-16,31H2/b13-12-. The third-order valence-electron chi connectivity index (χ3n) is 6.27. The summed E-state index contributed by atoms with van der Waals surface area (Å²) in [6.07, 6.45) is 3.20. The molecule has 1 aliphatic rings. The van der Waals surface area contributed by atoms with Crippen molar-refractivity contribution in [2.75, 3.05) is 19.7 Å². The van der Waals surface area contributed by atoms with Crippen LogP contribution in [-0.2, 0) is 6.42 Å². The minimum Gasteiger partial charge on any atom is -0.492 e. The van der Waals surface area contributed by atoms with Gasteiger partial charge in [0, 0.05) is 47.1 Å². The van der Waals surface area contributed by atoms with E-state index < -0.39 is 18.0 Å². The van der Waals surface area contributed by atoms with Gasteiger partial charge in [0.25, 0.3) is 0 Å². The molecule has 1 aliphatic heterocycles. The molecule has 1 unspecified atom stereocenters. The van der Waals surface area contributed by atoms with Crippen LogP contribution in [0.25, 0.3) is 10.9 Å². The van der Waals surface area contributed by atoms with Gasteiger partial charge in [-0.2, -0.15) is 0 Å². The summed E-state index contributed by atoms with van der Waals surface area (Å²) < 4.78 is 24.7. The third-order valence-corrected chi connectivity index (χ3v) is 6.50. The summed E-state index contributed by atoms with van der Waals surface area (Å²) in [7, 11) is 0. The number of H-pyrrole nitrogens is 1. The van der Waals surface area contributed by atoms with Crippen molar-refractivity contribution < 1.29 is 18.7 Å². The fourth-order valence-electron chi connectivity index (χ4n) is 4.59. The van der Waals surface area contributed by atoms with Crippen molar-refractivity contribution in [2.45, 2.75) is 12.5 Å². The van der Waals surface area contributed by atoms with E-state index in [0.29, 0.717) is 36.9 Å². The van der Waals surface area contributed by atoms with E-state index in [1.807, 2.05) is 42.5 Å². The van der Waals surface area contributed by atoms with Gasteiger partial charge in [0.1, 0.15) is 30.0 Å². The van der Waals surface area contributed by atoms with Gasteiger partial charge >= 0.3 is 6.09 Å². The normalized spacial score (nSPS) is 15.1. The molecule has 9 heteroatoms. The Kier molecular flexibility index (Phi) is 7.18. The lowest BCUT2D eigenvalue weighted by Gasteiger charge is -2.35. The van der Waals surface area contributed by atoms with E-state index in [-0.39, 0.29) is 5.75 Å². The highest BCUT2D eigenvalue weighted by atomic mass is 35.5. The average Bonchev–Trinajstić information content (AvgIpc) is 3.27. The Labute approximate surface area is 218 Å². The SMILES string of the molecule is N/C=C\NCCOc1ccc(C2c3[nH]c4ccc(Cl)cc4c3CCN2C(=O)Oc2ccc(F)cc2)cc1. The van der Waals surface area contributed by atoms with Gasteiger partial charge in [-0.05, 0) is 72.1 Å². The Morgan fingerprint density at radius 3 is 2.65 bits per heavy atom. The molecule has 1 atom stereocenters. The van der Waals surface area contributed by atoms with E-state index in [2.05, 4.69) is 10.3 Å². The second-order valence-electron chi connectivity index (χ2n) is 8.61.